The Morgan fingerprint density at radius 1 is 1.71 bits per heavy atom. The molecule has 2 aliphatic heterocycles. The third-order valence-corrected chi connectivity index (χ3v) is 4.23. The number of imide groups is 1. The van der Waals surface area contributed by atoms with E-state index in [9.17, 15) is 14.0 Å². The topological polar surface area (TPSA) is 128 Å². The first kappa shape index (κ1) is 16.0. The molecule has 2 aliphatic rings. The van der Waals surface area contributed by atoms with Crippen molar-refractivity contribution in [1.29, 1.82) is 0 Å². The zero-order chi connectivity index (χ0) is 15.8. The van der Waals surface area contributed by atoms with Gasteiger partial charge in [0.25, 0.3) is 0 Å². The van der Waals surface area contributed by atoms with Gasteiger partial charge in [-0.2, -0.15) is 0 Å². The predicted molar refractivity (Wildman–Crippen MR) is 70.9 cm³/mol. The van der Waals surface area contributed by atoms with Gasteiger partial charge in [-0.3, -0.25) is 15.0 Å². The Bertz CT molecular complexity index is 512. The van der Waals surface area contributed by atoms with Crippen LogP contribution in [0.4, 0.5) is 9.18 Å². The van der Waals surface area contributed by atoms with Crippen molar-refractivity contribution >= 4 is 27.9 Å². The zero-order valence-corrected chi connectivity index (χ0v) is 12.5. The van der Waals surface area contributed by atoms with E-state index in [0.29, 0.717) is 0 Å². The molecule has 0 aromatic carbocycles. The molecule has 11 heteroatoms. The average molecular weight is 366 g/mol. The summed E-state index contributed by atoms with van der Waals surface area (Å²) in [6, 6.07) is -0.842. The number of urea groups is 1. The van der Waals surface area contributed by atoms with Crippen molar-refractivity contribution in [2.45, 2.75) is 42.3 Å². The summed E-state index contributed by atoms with van der Waals surface area (Å²) in [6.45, 7) is 0.885. The van der Waals surface area contributed by atoms with Gasteiger partial charge >= 0.3 is 6.03 Å². The van der Waals surface area contributed by atoms with E-state index in [2.05, 4.69) is 31.3 Å². The molecule has 0 spiro atoms. The van der Waals surface area contributed by atoms with E-state index < -0.39 is 47.5 Å². The molecular weight excluding hydrogens is 353 g/mol. The molecule has 2 fully saturated rings. The molecule has 0 aromatic heterocycles. The smallest absolute Gasteiger partial charge is 0.326 e. The van der Waals surface area contributed by atoms with Crippen LogP contribution in [-0.2, 0) is 9.53 Å². The van der Waals surface area contributed by atoms with Gasteiger partial charge < -0.3 is 9.84 Å². The molecule has 3 amide bonds. The van der Waals surface area contributed by atoms with Crippen LogP contribution in [0.2, 0.25) is 0 Å². The summed E-state index contributed by atoms with van der Waals surface area (Å²) in [6.07, 6.45) is -4.98. The minimum absolute atomic E-state index is 0.187. The maximum Gasteiger partial charge on any atom is 0.326 e. The maximum atomic E-state index is 13.7. The number of ether oxygens (including phenoxy) is 1. The van der Waals surface area contributed by atoms with Crippen LogP contribution in [0.1, 0.15) is 13.3 Å². The number of halogens is 2. The van der Waals surface area contributed by atoms with Crippen molar-refractivity contribution in [2.24, 2.45) is 5.11 Å². The molecule has 2 N–H and O–H groups in total. The lowest BCUT2D eigenvalue weighted by Crippen LogP contribution is -2.67. The zero-order valence-electron chi connectivity index (χ0n) is 10.9. The van der Waals surface area contributed by atoms with Gasteiger partial charge in [-0.1, -0.05) is 21.0 Å². The molecule has 0 saturated carbocycles. The molecule has 2 rings (SSSR count). The molecule has 0 aliphatic carbocycles. The number of aliphatic hydroxyl groups excluding tert-OH is 1. The van der Waals surface area contributed by atoms with Gasteiger partial charge in [0.2, 0.25) is 5.91 Å². The summed E-state index contributed by atoms with van der Waals surface area (Å²) in [5.74, 6) is -0.672. The first-order valence-electron chi connectivity index (χ1n) is 6.10. The minimum Gasteiger partial charge on any atom is -0.394 e. The van der Waals surface area contributed by atoms with Crippen LogP contribution >= 0.6 is 15.9 Å². The van der Waals surface area contributed by atoms with Crippen molar-refractivity contribution in [1.82, 2.24) is 10.2 Å². The van der Waals surface area contributed by atoms with E-state index in [0.717, 1.165) is 4.90 Å². The van der Waals surface area contributed by atoms with Crippen molar-refractivity contribution in [3.63, 3.8) is 0 Å². The number of azide groups is 1. The molecule has 0 radical (unpaired) electrons. The second kappa shape index (κ2) is 5.76. The largest absolute Gasteiger partial charge is 0.394 e. The van der Waals surface area contributed by atoms with Gasteiger partial charge in [0.1, 0.15) is 29.0 Å². The van der Waals surface area contributed by atoms with Gasteiger partial charge in [-0.05, 0) is 12.5 Å². The van der Waals surface area contributed by atoms with E-state index >= 15 is 0 Å². The van der Waals surface area contributed by atoms with Gasteiger partial charge in [0.05, 0.1) is 6.61 Å². The van der Waals surface area contributed by atoms with Crippen LogP contribution < -0.4 is 5.32 Å². The number of rotatable bonds is 3. The van der Waals surface area contributed by atoms with Crippen molar-refractivity contribution < 1.29 is 23.8 Å². The van der Waals surface area contributed by atoms with Crippen LogP contribution in [-0.4, -0.2) is 57.5 Å². The second-order valence-electron chi connectivity index (χ2n) is 4.88. The average Bonchev–Trinajstić information content (AvgIpc) is 2.77. The molecule has 2 saturated heterocycles. The van der Waals surface area contributed by atoms with Crippen LogP contribution in [0.5, 0.6) is 0 Å². The highest BCUT2D eigenvalue weighted by atomic mass is 79.9. The molecular formula is C10H13BrFN5O4. The summed E-state index contributed by atoms with van der Waals surface area (Å²) in [5, 5.41) is 14.5. The molecule has 116 valence electrons. The van der Waals surface area contributed by atoms with Crippen molar-refractivity contribution in [3.05, 3.63) is 10.4 Å². The van der Waals surface area contributed by atoms with Crippen molar-refractivity contribution in [3.8, 4) is 0 Å². The molecule has 9 nitrogen and oxygen atoms in total. The standard InChI is InChI=1S/C10H13BrFN5O4/c1-10(11)7(15-16-13)17(9(20)14-8(10)19)6-2-4(12)5(3-18)21-6/h4-7,18H,2-3H2,1H3,(H,14,19,20)/t4-,5+,6+,7-,10+/m0/s1. The molecule has 21 heavy (non-hydrogen) atoms. The van der Waals surface area contributed by atoms with Gasteiger partial charge in [-0.25, -0.2) is 9.18 Å². The summed E-state index contributed by atoms with van der Waals surface area (Å²) in [4.78, 5) is 27.4. The monoisotopic (exact) mass is 365 g/mol. The quantitative estimate of drug-likeness (QED) is 0.331. The van der Waals surface area contributed by atoms with Gasteiger partial charge in [0.15, 0.2) is 0 Å². The molecule has 5 atom stereocenters. The van der Waals surface area contributed by atoms with E-state index in [4.69, 9.17) is 15.4 Å². The summed E-state index contributed by atoms with van der Waals surface area (Å²) >= 11 is 3.12. The predicted octanol–water partition coefficient (Wildman–Crippen LogP) is 0.774. The first-order chi connectivity index (χ1) is 9.82. The Morgan fingerprint density at radius 2 is 2.38 bits per heavy atom. The normalized spacial score (nSPS) is 39.9. The Hall–Kier alpha value is -1.42. The van der Waals surface area contributed by atoms with Crippen LogP contribution in [0, 0.1) is 0 Å². The Balaban J connectivity index is 2.33. The number of carbonyl (C=O) groups is 2. The van der Waals surface area contributed by atoms with Crippen LogP contribution in [0.15, 0.2) is 5.11 Å². The Labute approximate surface area is 127 Å². The first-order valence-corrected chi connectivity index (χ1v) is 6.89. The summed E-state index contributed by atoms with van der Waals surface area (Å²) < 4.78 is 17.6. The fraction of sp³-hybridized carbons (Fsp3) is 0.800. The lowest BCUT2D eigenvalue weighted by molar-refractivity contribution is -0.129. The molecule has 0 bridgehead atoms. The second-order valence-corrected chi connectivity index (χ2v) is 6.53. The number of nitrogens with zero attached hydrogens (tertiary/aromatic N) is 4. The lowest BCUT2D eigenvalue weighted by Gasteiger charge is -2.43. The van der Waals surface area contributed by atoms with Crippen LogP contribution in [0.3, 0.4) is 0 Å². The highest BCUT2D eigenvalue weighted by Gasteiger charge is 2.53. The number of hydrogen-bond donors (Lipinski definition) is 2. The van der Waals surface area contributed by atoms with E-state index in [1.54, 1.807) is 0 Å². The fourth-order valence-electron chi connectivity index (χ4n) is 2.30. The number of aliphatic hydroxyl groups is 1. The number of amides is 3. The highest BCUT2D eigenvalue weighted by molar-refractivity contribution is 9.10. The van der Waals surface area contributed by atoms with Gasteiger partial charge in [-0.15, -0.1) is 0 Å². The number of hydrogen-bond acceptors (Lipinski definition) is 5. The highest BCUT2D eigenvalue weighted by Crippen LogP contribution is 2.36. The van der Waals surface area contributed by atoms with E-state index in [1.165, 1.54) is 6.92 Å². The number of carbonyl (C=O) groups excluding carboxylic acids is 2. The number of alkyl halides is 2. The van der Waals surface area contributed by atoms with Crippen molar-refractivity contribution in [2.75, 3.05) is 6.61 Å². The third-order valence-electron chi connectivity index (χ3n) is 3.46. The minimum atomic E-state index is -1.46. The van der Waals surface area contributed by atoms with Crippen LogP contribution in [0.25, 0.3) is 10.4 Å². The number of nitrogens with one attached hydrogen (secondary N) is 1. The van der Waals surface area contributed by atoms with E-state index in [1.807, 2.05) is 0 Å². The molecule has 0 unspecified atom stereocenters. The van der Waals surface area contributed by atoms with Gasteiger partial charge in [0, 0.05) is 11.3 Å². The summed E-state index contributed by atoms with van der Waals surface area (Å²) in [5.41, 5.74) is 8.65. The summed E-state index contributed by atoms with van der Waals surface area (Å²) in [7, 11) is 0. The van der Waals surface area contributed by atoms with E-state index in [-0.39, 0.29) is 6.42 Å². The lowest BCUT2D eigenvalue weighted by atomic mass is 10.0. The molecule has 0 aromatic rings. The fourth-order valence-corrected chi connectivity index (χ4v) is 2.71. The Morgan fingerprint density at radius 3 is 2.90 bits per heavy atom. The SMILES string of the molecule is C[C@]1(Br)C(=O)NC(=O)N([C@H]2C[C@H](F)[C@@H](CO)O2)[C@@H]1N=[N+]=[N-]. The third kappa shape index (κ3) is 2.69. The Kier molecular flexibility index (Phi) is 4.38. The maximum absolute atomic E-state index is 13.7. The molecule has 2 heterocycles.